The molecule has 1 aliphatic heterocycles. The molecule has 0 saturated carbocycles. The predicted octanol–water partition coefficient (Wildman–Crippen LogP) is 1.03. The van der Waals surface area contributed by atoms with Crippen LogP contribution in [-0.2, 0) is 15.8 Å². The van der Waals surface area contributed by atoms with Crippen LogP contribution in [0.5, 0.6) is 0 Å². The van der Waals surface area contributed by atoms with E-state index < -0.39 is 10.0 Å². The highest BCUT2D eigenvalue weighted by molar-refractivity contribution is 7.88. The maximum atomic E-state index is 12.1. The Hall–Kier alpha value is -1.11. The minimum atomic E-state index is -3.27. The minimum absolute atomic E-state index is 0.00976. The van der Waals surface area contributed by atoms with Gasteiger partial charge < -0.3 is 10.6 Å². The molecule has 0 amide bonds. The van der Waals surface area contributed by atoms with Gasteiger partial charge in [0.15, 0.2) is 0 Å². The van der Waals surface area contributed by atoms with Crippen LogP contribution in [0.25, 0.3) is 0 Å². The molecule has 1 atom stereocenters. The Morgan fingerprint density at radius 3 is 2.70 bits per heavy atom. The highest BCUT2D eigenvalue weighted by Gasteiger charge is 2.19. The zero-order valence-electron chi connectivity index (χ0n) is 11.9. The van der Waals surface area contributed by atoms with Gasteiger partial charge in [-0.1, -0.05) is 12.1 Å². The molecule has 1 unspecified atom stereocenters. The van der Waals surface area contributed by atoms with Gasteiger partial charge in [-0.2, -0.15) is 0 Å². The van der Waals surface area contributed by atoms with Gasteiger partial charge in [0, 0.05) is 18.8 Å². The molecule has 0 aliphatic carbocycles. The standard InChI is InChI=1S/C14H23N3O2S/c1-17-8-2-3-13(10-17)9-16-20(18,19)11-12-4-6-14(15)7-5-12/h4-7,13,16H,2-3,8-11,15H2,1H3. The predicted molar refractivity (Wildman–Crippen MR) is 81.7 cm³/mol. The first-order chi connectivity index (χ1) is 9.44. The Kier molecular flexibility index (Phi) is 5.01. The molecule has 1 aromatic rings. The normalized spacial score (nSPS) is 20.9. The molecule has 6 heteroatoms. The molecule has 1 aliphatic rings. The summed E-state index contributed by atoms with van der Waals surface area (Å²) in [5.41, 5.74) is 6.99. The zero-order chi connectivity index (χ0) is 14.6. The highest BCUT2D eigenvalue weighted by Crippen LogP contribution is 2.15. The molecule has 3 N–H and O–H groups in total. The van der Waals surface area contributed by atoms with E-state index in [0.29, 0.717) is 18.2 Å². The van der Waals surface area contributed by atoms with E-state index in [-0.39, 0.29) is 5.75 Å². The molecule has 1 aromatic carbocycles. The number of rotatable bonds is 5. The lowest BCUT2D eigenvalue weighted by Crippen LogP contribution is -2.39. The van der Waals surface area contributed by atoms with E-state index in [1.54, 1.807) is 24.3 Å². The van der Waals surface area contributed by atoms with Crippen LogP contribution in [0, 0.1) is 5.92 Å². The fourth-order valence-electron chi connectivity index (χ4n) is 2.57. The van der Waals surface area contributed by atoms with Crippen molar-refractivity contribution in [3.8, 4) is 0 Å². The average Bonchev–Trinajstić information content (AvgIpc) is 2.39. The number of hydrogen-bond donors (Lipinski definition) is 2. The van der Waals surface area contributed by atoms with Gasteiger partial charge in [0.05, 0.1) is 5.75 Å². The van der Waals surface area contributed by atoms with Crippen LogP contribution < -0.4 is 10.5 Å². The molecule has 0 spiro atoms. The summed E-state index contributed by atoms with van der Waals surface area (Å²) in [5, 5.41) is 0. The van der Waals surface area contributed by atoms with Gasteiger partial charge in [-0.25, -0.2) is 13.1 Å². The summed E-state index contributed by atoms with van der Waals surface area (Å²) in [7, 11) is -1.20. The summed E-state index contributed by atoms with van der Waals surface area (Å²) < 4.78 is 26.8. The molecular weight excluding hydrogens is 274 g/mol. The largest absolute Gasteiger partial charge is 0.399 e. The van der Waals surface area contributed by atoms with Gasteiger partial charge in [0.25, 0.3) is 0 Å². The zero-order valence-corrected chi connectivity index (χ0v) is 12.7. The molecule has 0 radical (unpaired) electrons. The monoisotopic (exact) mass is 297 g/mol. The molecule has 112 valence electrons. The van der Waals surface area contributed by atoms with E-state index in [2.05, 4.69) is 16.7 Å². The van der Waals surface area contributed by atoms with Gasteiger partial charge in [0.2, 0.25) is 10.0 Å². The Morgan fingerprint density at radius 1 is 1.35 bits per heavy atom. The van der Waals surface area contributed by atoms with E-state index >= 15 is 0 Å². The van der Waals surface area contributed by atoms with Crippen LogP contribution in [0.4, 0.5) is 5.69 Å². The average molecular weight is 297 g/mol. The number of hydrogen-bond acceptors (Lipinski definition) is 4. The number of sulfonamides is 1. The maximum Gasteiger partial charge on any atom is 0.215 e. The number of piperidine rings is 1. The summed E-state index contributed by atoms with van der Waals surface area (Å²) >= 11 is 0. The van der Waals surface area contributed by atoms with Gasteiger partial charge in [-0.3, -0.25) is 0 Å². The number of nitrogens with zero attached hydrogens (tertiary/aromatic N) is 1. The second kappa shape index (κ2) is 6.56. The first-order valence-electron chi connectivity index (χ1n) is 6.95. The Morgan fingerprint density at radius 2 is 2.05 bits per heavy atom. The number of anilines is 1. The molecule has 1 fully saturated rings. The fraction of sp³-hybridized carbons (Fsp3) is 0.571. The van der Waals surface area contributed by atoms with Crippen molar-refractivity contribution >= 4 is 15.7 Å². The molecular formula is C14H23N3O2S. The second-order valence-electron chi connectivity index (χ2n) is 5.62. The molecule has 20 heavy (non-hydrogen) atoms. The SMILES string of the molecule is CN1CCCC(CNS(=O)(=O)Cc2ccc(N)cc2)C1. The van der Waals surface area contributed by atoms with Crippen molar-refractivity contribution in [1.82, 2.24) is 9.62 Å². The summed E-state index contributed by atoms with van der Waals surface area (Å²) in [4.78, 5) is 2.25. The molecule has 1 heterocycles. The maximum absolute atomic E-state index is 12.1. The Labute approximate surface area is 121 Å². The van der Waals surface area contributed by atoms with E-state index in [0.717, 1.165) is 31.5 Å². The summed E-state index contributed by atoms with van der Waals surface area (Å²) in [6, 6.07) is 6.95. The van der Waals surface area contributed by atoms with Crippen molar-refractivity contribution in [2.75, 3.05) is 32.4 Å². The first kappa shape index (κ1) is 15.3. The van der Waals surface area contributed by atoms with Gasteiger partial charge in [-0.15, -0.1) is 0 Å². The lowest BCUT2D eigenvalue weighted by molar-refractivity contribution is 0.211. The fourth-order valence-corrected chi connectivity index (χ4v) is 3.79. The van der Waals surface area contributed by atoms with Crippen LogP contribution in [0.15, 0.2) is 24.3 Å². The number of nitrogen functional groups attached to an aromatic ring is 1. The van der Waals surface area contributed by atoms with Crippen LogP contribution in [-0.4, -0.2) is 40.0 Å². The van der Waals surface area contributed by atoms with Crippen molar-refractivity contribution in [2.24, 2.45) is 5.92 Å². The highest BCUT2D eigenvalue weighted by atomic mass is 32.2. The third-order valence-corrected chi connectivity index (χ3v) is 4.97. The molecule has 0 aromatic heterocycles. The topological polar surface area (TPSA) is 75.4 Å². The van der Waals surface area contributed by atoms with Crippen LogP contribution in [0.1, 0.15) is 18.4 Å². The quantitative estimate of drug-likeness (QED) is 0.796. The molecule has 1 saturated heterocycles. The molecule has 0 bridgehead atoms. The van der Waals surface area contributed by atoms with Crippen LogP contribution in [0.3, 0.4) is 0 Å². The van der Waals surface area contributed by atoms with Crippen molar-refractivity contribution < 1.29 is 8.42 Å². The lowest BCUT2D eigenvalue weighted by Gasteiger charge is -2.29. The van der Waals surface area contributed by atoms with Crippen molar-refractivity contribution in [1.29, 1.82) is 0 Å². The summed E-state index contributed by atoms with van der Waals surface area (Å²) in [6.45, 7) is 2.60. The number of nitrogens with two attached hydrogens (primary N) is 1. The third-order valence-electron chi connectivity index (χ3n) is 3.65. The van der Waals surface area contributed by atoms with Gasteiger partial charge in [0.1, 0.15) is 0 Å². The Balaban J connectivity index is 1.86. The van der Waals surface area contributed by atoms with E-state index in [9.17, 15) is 8.42 Å². The van der Waals surface area contributed by atoms with Crippen molar-refractivity contribution in [2.45, 2.75) is 18.6 Å². The lowest BCUT2D eigenvalue weighted by atomic mass is 9.99. The number of likely N-dealkylation sites (tertiary alicyclic amines) is 1. The number of benzene rings is 1. The second-order valence-corrected chi connectivity index (χ2v) is 7.43. The van der Waals surface area contributed by atoms with E-state index in [1.807, 2.05) is 0 Å². The van der Waals surface area contributed by atoms with Crippen LogP contribution in [0.2, 0.25) is 0 Å². The summed E-state index contributed by atoms with van der Waals surface area (Å²) in [5.74, 6) is 0.422. The van der Waals surface area contributed by atoms with Crippen molar-refractivity contribution in [3.63, 3.8) is 0 Å². The van der Waals surface area contributed by atoms with Crippen LogP contribution >= 0.6 is 0 Å². The van der Waals surface area contributed by atoms with Gasteiger partial charge >= 0.3 is 0 Å². The molecule has 5 nitrogen and oxygen atoms in total. The van der Waals surface area contributed by atoms with E-state index in [1.165, 1.54) is 0 Å². The number of nitrogens with one attached hydrogen (secondary N) is 1. The van der Waals surface area contributed by atoms with E-state index in [4.69, 9.17) is 5.73 Å². The van der Waals surface area contributed by atoms with Crippen molar-refractivity contribution in [3.05, 3.63) is 29.8 Å². The minimum Gasteiger partial charge on any atom is -0.399 e. The Bertz CT molecular complexity index is 528. The third kappa shape index (κ3) is 4.77. The summed E-state index contributed by atoms with van der Waals surface area (Å²) in [6.07, 6.45) is 2.23. The van der Waals surface area contributed by atoms with Gasteiger partial charge in [-0.05, 0) is 50.0 Å². The molecule has 2 rings (SSSR count). The smallest absolute Gasteiger partial charge is 0.215 e. The first-order valence-corrected chi connectivity index (χ1v) is 8.60.